The molecule has 0 saturated carbocycles. The zero-order valence-corrected chi connectivity index (χ0v) is 14.3. The fourth-order valence-electron chi connectivity index (χ4n) is 1.58. The third-order valence-electron chi connectivity index (χ3n) is 2.73. The Balaban J connectivity index is 2.28. The number of tetrazole rings is 1. The summed E-state index contributed by atoms with van der Waals surface area (Å²) in [4.78, 5) is 0. The molecule has 6 nitrogen and oxygen atoms in total. The third-order valence-corrected chi connectivity index (χ3v) is 3.61. The van der Waals surface area contributed by atoms with E-state index in [0.717, 1.165) is 0 Å². The van der Waals surface area contributed by atoms with Gasteiger partial charge in [-0.05, 0) is 17.3 Å². The van der Waals surface area contributed by atoms with Gasteiger partial charge in [0.05, 0.1) is 11.3 Å². The van der Waals surface area contributed by atoms with Crippen LogP contribution in [0.15, 0.2) is 18.3 Å². The number of nitriles is 1. The first-order valence-corrected chi connectivity index (χ1v) is 10.4. The second-order valence-electron chi connectivity index (χ2n) is 5.84. The van der Waals surface area contributed by atoms with Gasteiger partial charge in [0.2, 0.25) is 5.82 Å². The van der Waals surface area contributed by atoms with E-state index in [0.29, 0.717) is 0 Å². The molecule has 2 N–H and O–H groups in total. The first kappa shape index (κ1) is 17.3. The fourth-order valence-corrected chi connectivity index (χ4v) is 2.09. The molecule has 24 heavy (non-hydrogen) atoms. The smallest absolute Gasteiger partial charge is 0.216 e. The van der Waals surface area contributed by atoms with Crippen LogP contribution in [-0.2, 0) is 0 Å². The summed E-state index contributed by atoms with van der Waals surface area (Å²) in [5.74, 6) is 0.632. The third kappa shape index (κ3) is 4.24. The Kier molecular flexibility index (Phi) is 5.07. The van der Waals surface area contributed by atoms with Gasteiger partial charge in [0, 0.05) is 6.20 Å². The van der Waals surface area contributed by atoms with Crippen LogP contribution in [-0.4, -0.2) is 28.7 Å². The number of aromatic amines is 1. The van der Waals surface area contributed by atoms with Crippen LogP contribution >= 0.6 is 0 Å². The van der Waals surface area contributed by atoms with Gasteiger partial charge in [0.15, 0.2) is 11.6 Å². The molecule has 1 heterocycles. The number of nitrogens with one attached hydrogen (secondary N) is 2. The molecule has 2 rings (SSSR count). The number of halogens is 2. The van der Waals surface area contributed by atoms with Gasteiger partial charge in [-0.25, -0.2) is 8.78 Å². The lowest BCUT2D eigenvalue weighted by atomic mass is 10.2. The molecular formula is C15H14F2N6Si. The number of anilines is 1. The molecule has 122 valence electrons. The highest BCUT2D eigenvalue weighted by atomic mass is 28.3. The predicted octanol–water partition coefficient (Wildman–Crippen LogP) is 2.68. The van der Waals surface area contributed by atoms with Gasteiger partial charge in [-0.15, -0.1) is 15.7 Å². The summed E-state index contributed by atoms with van der Waals surface area (Å²) in [7, 11) is -1.69. The molecule has 0 atom stereocenters. The first-order valence-electron chi connectivity index (χ1n) is 6.93. The lowest BCUT2D eigenvalue weighted by molar-refractivity contribution is 0.509. The Hall–Kier alpha value is -3.04. The van der Waals surface area contributed by atoms with Crippen LogP contribution in [0.1, 0.15) is 11.4 Å². The molecule has 1 aromatic heterocycles. The van der Waals surface area contributed by atoms with Crippen molar-refractivity contribution in [2.24, 2.45) is 0 Å². The highest BCUT2D eigenvalue weighted by Gasteiger charge is 2.14. The normalized spacial score (nSPS) is 11.4. The molecule has 0 fully saturated rings. The maximum Gasteiger partial charge on any atom is 0.216 e. The average molecular weight is 344 g/mol. The molecule has 0 aliphatic rings. The van der Waals surface area contributed by atoms with E-state index >= 15 is 0 Å². The highest BCUT2D eigenvalue weighted by molar-refractivity contribution is 6.83. The molecule has 0 radical (unpaired) electrons. The van der Waals surface area contributed by atoms with Crippen molar-refractivity contribution in [2.45, 2.75) is 19.6 Å². The number of rotatable bonds is 3. The molecule has 0 saturated heterocycles. The van der Waals surface area contributed by atoms with Crippen LogP contribution in [0, 0.1) is 34.4 Å². The fraction of sp³-hybridized carbons (Fsp3) is 0.200. The highest BCUT2D eigenvalue weighted by Crippen LogP contribution is 2.21. The minimum absolute atomic E-state index is 0.00290. The molecule has 0 spiro atoms. The average Bonchev–Trinajstić information content (AvgIpc) is 3.04. The Bertz CT molecular complexity index is 866. The quantitative estimate of drug-likeness (QED) is 0.507. The van der Waals surface area contributed by atoms with Gasteiger partial charge in [-0.2, -0.15) is 10.5 Å². The van der Waals surface area contributed by atoms with Gasteiger partial charge in [0.1, 0.15) is 19.7 Å². The van der Waals surface area contributed by atoms with Crippen molar-refractivity contribution in [2.75, 3.05) is 5.32 Å². The second kappa shape index (κ2) is 7.02. The molecular weight excluding hydrogens is 330 g/mol. The van der Waals surface area contributed by atoms with E-state index < -0.39 is 19.7 Å². The van der Waals surface area contributed by atoms with Crippen molar-refractivity contribution in [1.82, 2.24) is 20.6 Å². The van der Waals surface area contributed by atoms with Crippen LogP contribution < -0.4 is 5.32 Å². The largest absolute Gasteiger partial charge is 0.358 e. The molecule has 0 amide bonds. The van der Waals surface area contributed by atoms with Gasteiger partial charge < -0.3 is 5.32 Å². The standard InChI is InChI=1S/C15H14F2N6Si/c1-24(2,3)7-6-10-4-5-12(14(17)13(10)16)19-9-11(8-18)15-20-22-23-21-15/h4-5,9,19H,1-3H3,(H,20,21,22,23). The van der Waals surface area contributed by atoms with E-state index in [9.17, 15) is 8.78 Å². The Morgan fingerprint density at radius 1 is 1.29 bits per heavy atom. The van der Waals surface area contributed by atoms with Crippen LogP contribution in [0.5, 0.6) is 0 Å². The number of allylic oxidation sites excluding steroid dienone is 1. The van der Waals surface area contributed by atoms with Crippen LogP contribution in [0.2, 0.25) is 19.6 Å². The van der Waals surface area contributed by atoms with Gasteiger partial charge in [-0.3, -0.25) is 0 Å². The van der Waals surface area contributed by atoms with Gasteiger partial charge >= 0.3 is 0 Å². The van der Waals surface area contributed by atoms with E-state index in [1.54, 1.807) is 0 Å². The number of hydrogen-bond donors (Lipinski definition) is 2. The summed E-state index contributed by atoms with van der Waals surface area (Å²) in [6, 6.07) is 4.58. The van der Waals surface area contributed by atoms with Gasteiger partial charge in [-0.1, -0.05) is 25.6 Å². The van der Waals surface area contributed by atoms with E-state index in [1.807, 2.05) is 25.7 Å². The van der Waals surface area contributed by atoms with Crippen LogP contribution in [0.4, 0.5) is 14.5 Å². The number of aromatic nitrogens is 4. The SMILES string of the molecule is C[Si](C)(C)C#Cc1ccc(NC=C(C#N)c2nn[nH]n2)c(F)c1F. The minimum atomic E-state index is -1.69. The van der Waals surface area contributed by atoms with E-state index in [1.165, 1.54) is 18.3 Å². The molecule has 0 aliphatic heterocycles. The molecule has 0 bridgehead atoms. The van der Waals surface area contributed by atoms with Crippen molar-refractivity contribution in [3.8, 4) is 17.5 Å². The van der Waals surface area contributed by atoms with Crippen molar-refractivity contribution >= 4 is 19.3 Å². The number of nitrogens with zero attached hydrogens (tertiary/aromatic N) is 4. The number of H-pyrrole nitrogens is 1. The topological polar surface area (TPSA) is 90.3 Å². The minimum Gasteiger partial charge on any atom is -0.358 e. The Morgan fingerprint density at radius 3 is 2.62 bits per heavy atom. The lowest BCUT2D eigenvalue weighted by Gasteiger charge is -2.07. The van der Waals surface area contributed by atoms with Crippen LogP contribution in [0.3, 0.4) is 0 Å². The summed E-state index contributed by atoms with van der Waals surface area (Å²) in [6.07, 6.45) is 1.18. The molecule has 0 aliphatic carbocycles. The first-order chi connectivity index (χ1) is 11.3. The van der Waals surface area contributed by atoms with Gasteiger partial charge in [0.25, 0.3) is 0 Å². The van der Waals surface area contributed by atoms with E-state index in [4.69, 9.17) is 5.26 Å². The maximum atomic E-state index is 14.1. The van der Waals surface area contributed by atoms with E-state index in [2.05, 4.69) is 37.4 Å². The van der Waals surface area contributed by atoms with Crippen molar-refractivity contribution in [1.29, 1.82) is 5.26 Å². The van der Waals surface area contributed by atoms with Crippen LogP contribution in [0.25, 0.3) is 5.57 Å². The molecule has 2 aromatic rings. The Labute approximate surface area is 138 Å². The second-order valence-corrected chi connectivity index (χ2v) is 10.6. The molecule has 0 unspecified atom stereocenters. The summed E-state index contributed by atoms with van der Waals surface area (Å²) < 4.78 is 28.2. The van der Waals surface area contributed by atoms with Crippen molar-refractivity contribution in [3.63, 3.8) is 0 Å². The molecule has 9 heteroatoms. The maximum absolute atomic E-state index is 14.1. The zero-order chi connectivity index (χ0) is 17.7. The van der Waals surface area contributed by atoms with Crippen molar-refractivity contribution in [3.05, 3.63) is 41.4 Å². The summed E-state index contributed by atoms with van der Waals surface area (Å²) >= 11 is 0. The van der Waals surface area contributed by atoms with E-state index in [-0.39, 0.29) is 22.6 Å². The summed E-state index contributed by atoms with van der Waals surface area (Å²) in [5, 5.41) is 24.4. The van der Waals surface area contributed by atoms with Crippen molar-refractivity contribution < 1.29 is 8.78 Å². The number of benzene rings is 1. The number of hydrogen-bond acceptors (Lipinski definition) is 5. The molecule has 1 aromatic carbocycles. The predicted molar refractivity (Wildman–Crippen MR) is 88.0 cm³/mol. The monoisotopic (exact) mass is 344 g/mol. The summed E-state index contributed by atoms with van der Waals surface area (Å²) in [6.45, 7) is 6.03. The Morgan fingerprint density at radius 2 is 2.04 bits per heavy atom. The lowest BCUT2D eigenvalue weighted by Crippen LogP contribution is -2.16. The summed E-state index contributed by atoms with van der Waals surface area (Å²) in [5.41, 5.74) is 2.88. The zero-order valence-electron chi connectivity index (χ0n) is 13.3.